The fourth-order valence-corrected chi connectivity index (χ4v) is 6.84. The number of benzene rings is 1. The molecule has 0 saturated carbocycles. The molecule has 11 nitrogen and oxygen atoms in total. The van der Waals surface area contributed by atoms with Crippen LogP contribution >= 0.6 is 22.9 Å². The van der Waals surface area contributed by atoms with Gasteiger partial charge in [-0.1, -0.05) is 23.7 Å². The highest BCUT2D eigenvalue weighted by molar-refractivity contribution is 7.16. The van der Waals surface area contributed by atoms with E-state index in [0.717, 1.165) is 16.9 Å². The summed E-state index contributed by atoms with van der Waals surface area (Å²) < 4.78 is 56.2. The van der Waals surface area contributed by atoms with E-state index in [9.17, 15) is 28.3 Å². The first-order valence-electron chi connectivity index (χ1n) is 13.5. The zero-order chi connectivity index (χ0) is 31.8. The van der Waals surface area contributed by atoms with Crippen LogP contribution in [0.25, 0.3) is 5.69 Å². The third-order valence-electron chi connectivity index (χ3n) is 7.71. The number of hydrogen-bond donors (Lipinski definition) is 3. The molecular weight excluding hydrogens is 629 g/mol. The van der Waals surface area contributed by atoms with Crippen molar-refractivity contribution < 1.29 is 47.2 Å². The van der Waals surface area contributed by atoms with Gasteiger partial charge < -0.3 is 19.7 Å². The molecule has 1 atom stereocenters. The molecule has 44 heavy (non-hydrogen) atoms. The Hall–Kier alpha value is -3.34. The molecule has 2 aliphatic rings. The average molecular weight is 657 g/mol. The minimum atomic E-state index is -3.08. The number of ketones is 1. The van der Waals surface area contributed by atoms with Crippen LogP contribution in [-0.2, 0) is 48.5 Å². The fourth-order valence-electron chi connectivity index (χ4n) is 5.36. The lowest BCUT2D eigenvalue weighted by molar-refractivity contribution is -0.182. The highest BCUT2D eigenvalue weighted by Gasteiger charge is 2.51. The number of thiophene rings is 1. The largest absolute Gasteiger partial charge is 0.475 e. The number of aliphatic hydroxyl groups excluding tert-OH is 1. The van der Waals surface area contributed by atoms with Crippen LogP contribution in [0.5, 0.6) is 0 Å². The van der Waals surface area contributed by atoms with Gasteiger partial charge in [0.15, 0.2) is 0 Å². The number of carbonyl (C=O) groups is 3. The third-order valence-corrected chi connectivity index (χ3v) is 9.16. The number of alkyl halides is 2. The standard InChI is InChI=1S/C28H28ClF3N4O7S/c1-15-17(11-35-7-5-27(6-8-35)24-18(9-20(29)44-24)28(31,32)13-43-27)12-36(34-15)21-16(3-2-4-19(21)30)10-33-14-42-26(41)23(38)22(37)25(39)40/h2-4,9,12,23,33,38H,5-8,10-11,13-14H2,1H3,(H,39,40). The van der Waals surface area contributed by atoms with E-state index in [1.807, 2.05) is 0 Å². The number of rotatable bonds is 10. The molecule has 1 unspecified atom stereocenters. The number of carboxylic acid groups (broad SMARTS) is 1. The van der Waals surface area contributed by atoms with E-state index in [-0.39, 0.29) is 17.8 Å². The zero-order valence-corrected chi connectivity index (χ0v) is 24.9. The number of hydrogen-bond acceptors (Lipinski definition) is 10. The van der Waals surface area contributed by atoms with Crippen molar-refractivity contribution in [3.05, 3.63) is 67.9 Å². The molecule has 3 N–H and O–H groups in total. The Balaban J connectivity index is 1.22. The first-order chi connectivity index (χ1) is 20.8. The Morgan fingerprint density at radius 3 is 2.68 bits per heavy atom. The molecule has 3 aromatic rings. The minimum Gasteiger partial charge on any atom is -0.475 e. The summed E-state index contributed by atoms with van der Waals surface area (Å²) in [5.74, 6) is -8.77. The summed E-state index contributed by atoms with van der Waals surface area (Å²) in [4.78, 5) is 36.2. The van der Waals surface area contributed by atoms with Gasteiger partial charge in [-0.2, -0.15) is 13.9 Å². The SMILES string of the molecule is Cc1nn(-c2c(F)cccc2CNCOC(=O)C(O)C(=O)C(=O)O)cc1CN1CCC2(CC1)OCC(F)(F)c1cc(Cl)sc12. The Morgan fingerprint density at radius 1 is 1.25 bits per heavy atom. The monoisotopic (exact) mass is 656 g/mol. The number of piperidine rings is 1. The van der Waals surface area contributed by atoms with Crippen LogP contribution in [0.2, 0.25) is 4.34 Å². The number of Topliss-reactive ketones (excluding diaryl/α,β-unsaturated/α-hetero) is 1. The van der Waals surface area contributed by atoms with Gasteiger partial charge in [0.05, 0.1) is 10.0 Å². The van der Waals surface area contributed by atoms with Gasteiger partial charge in [-0.3, -0.25) is 15.0 Å². The molecule has 236 valence electrons. The molecule has 16 heteroatoms. The summed E-state index contributed by atoms with van der Waals surface area (Å²) in [6.45, 7) is 2.26. The average Bonchev–Trinajstić information content (AvgIpc) is 3.56. The van der Waals surface area contributed by atoms with E-state index >= 15 is 4.39 Å². The molecule has 1 saturated heterocycles. The molecule has 2 aliphatic heterocycles. The van der Waals surface area contributed by atoms with Gasteiger partial charge in [0, 0.05) is 48.4 Å². The molecule has 1 spiro atoms. The number of para-hydroxylation sites is 1. The lowest BCUT2D eigenvalue weighted by atomic mass is 9.84. The number of likely N-dealkylation sites (tertiary alicyclic amines) is 1. The van der Waals surface area contributed by atoms with Crippen LogP contribution in [0.1, 0.15) is 40.1 Å². The number of aryl methyl sites for hydroxylation is 1. The minimum absolute atomic E-state index is 0.000432. The van der Waals surface area contributed by atoms with Gasteiger partial charge in [-0.25, -0.2) is 18.7 Å². The Labute approximate surface area is 258 Å². The number of nitrogens with one attached hydrogen (secondary N) is 1. The van der Waals surface area contributed by atoms with Crippen molar-refractivity contribution in [2.75, 3.05) is 26.4 Å². The molecule has 0 amide bonds. The van der Waals surface area contributed by atoms with Crippen molar-refractivity contribution in [1.82, 2.24) is 20.0 Å². The van der Waals surface area contributed by atoms with Crippen molar-refractivity contribution in [3.63, 3.8) is 0 Å². The quantitative estimate of drug-likeness (QED) is 0.0979. The van der Waals surface area contributed by atoms with E-state index in [4.69, 9.17) is 26.2 Å². The van der Waals surface area contributed by atoms with Crippen LogP contribution in [0.3, 0.4) is 0 Å². The highest BCUT2D eigenvalue weighted by atomic mass is 35.5. The topological polar surface area (TPSA) is 143 Å². The third kappa shape index (κ3) is 6.39. The van der Waals surface area contributed by atoms with Crippen LogP contribution in [0.15, 0.2) is 30.5 Å². The van der Waals surface area contributed by atoms with E-state index in [2.05, 4.69) is 15.3 Å². The predicted molar refractivity (Wildman–Crippen MR) is 150 cm³/mol. The fraction of sp³-hybridized carbons (Fsp3) is 0.429. The van der Waals surface area contributed by atoms with Crippen molar-refractivity contribution in [3.8, 4) is 5.69 Å². The summed E-state index contributed by atoms with van der Waals surface area (Å²) in [6, 6.07) is 5.74. The second kappa shape index (κ2) is 12.6. The summed E-state index contributed by atoms with van der Waals surface area (Å²) >= 11 is 7.25. The Kier molecular flexibility index (Phi) is 9.16. The smallest absolute Gasteiger partial charge is 0.375 e. The van der Waals surface area contributed by atoms with E-state index < -0.39 is 54.5 Å². The van der Waals surface area contributed by atoms with E-state index in [1.54, 1.807) is 19.2 Å². The number of aliphatic hydroxyl groups is 1. The molecule has 0 radical (unpaired) electrons. The maximum Gasteiger partial charge on any atom is 0.375 e. The normalized spacial score (nSPS) is 18.1. The molecule has 0 bridgehead atoms. The number of carbonyl (C=O) groups excluding carboxylic acids is 2. The van der Waals surface area contributed by atoms with Crippen LogP contribution in [0, 0.1) is 12.7 Å². The van der Waals surface area contributed by atoms with Gasteiger partial charge in [-0.05, 0) is 37.5 Å². The number of fused-ring (bicyclic) bond motifs is 2. The summed E-state index contributed by atoms with van der Waals surface area (Å²) in [5, 5.41) is 25.3. The number of esters is 1. The maximum atomic E-state index is 15.0. The number of aromatic nitrogens is 2. The van der Waals surface area contributed by atoms with E-state index in [0.29, 0.717) is 52.9 Å². The first kappa shape index (κ1) is 32.1. The van der Waals surface area contributed by atoms with E-state index in [1.165, 1.54) is 22.9 Å². The van der Waals surface area contributed by atoms with Crippen LogP contribution < -0.4 is 5.32 Å². The summed E-state index contributed by atoms with van der Waals surface area (Å²) in [7, 11) is 0. The Bertz CT molecular complexity index is 1590. The highest BCUT2D eigenvalue weighted by Crippen LogP contribution is 2.52. The molecule has 2 aromatic heterocycles. The lowest BCUT2D eigenvalue weighted by Crippen LogP contribution is -2.48. The van der Waals surface area contributed by atoms with Gasteiger partial charge in [0.25, 0.3) is 11.7 Å². The van der Waals surface area contributed by atoms with Gasteiger partial charge in [0.1, 0.15) is 30.4 Å². The number of ether oxygens (including phenoxy) is 2. The van der Waals surface area contributed by atoms with Crippen molar-refractivity contribution >= 4 is 40.7 Å². The van der Waals surface area contributed by atoms with Gasteiger partial charge in [-0.15, -0.1) is 11.3 Å². The van der Waals surface area contributed by atoms with Gasteiger partial charge >= 0.3 is 11.9 Å². The zero-order valence-electron chi connectivity index (χ0n) is 23.3. The molecule has 4 heterocycles. The summed E-state index contributed by atoms with van der Waals surface area (Å²) in [5.41, 5.74) is 1.25. The van der Waals surface area contributed by atoms with Crippen LogP contribution in [-0.4, -0.2) is 75.1 Å². The van der Waals surface area contributed by atoms with Crippen LogP contribution in [0.4, 0.5) is 13.2 Å². The number of halogens is 4. The molecule has 5 rings (SSSR count). The lowest BCUT2D eigenvalue weighted by Gasteiger charge is -2.45. The molecule has 1 aromatic carbocycles. The Morgan fingerprint density at radius 2 is 1.98 bits per heavy atom. The maximum absolute atomic E-state index is 15.0. The number of nitrogens with zero attached hydrogens (tertiary/aromatic N) is 3. The first-order valence-corrected chi connectivity index (χ1v) is 14.7. The van der Waals surface area contributed by atoms with Crippen molar-refractivity contribution in [2.45, 2.75) is 50.5 Å². The molecule has 0 aliphatic carbocycles. The van der Waals surface area contributed by atoms with Crippen molar-refractivity contribution in [2.24, 2.45) is 0 Å². The summed E-state index contributed by atoms with van der Waals surface area (Å²) in [6.07, 6.45) is 0.274. The number of aliphatic carboxylic acids is 1. The molecular formula is C28H28ClF3N4O7S. The predicted octanol–water partition coefficient (Wildman–Crippen LogP) is 3.25. The molecule has 1 fully saturated rings. The van der Waals surface area contributed by atoms with Crippen molar-refractivity contribution in [1.29, 1.82) is 0 Å². The second-order valence-corrected chi connectivity index (χ2v) is 12.3. The second-order valence-electron chi connectivity index (χ2n) is 10.6. The van der Waals surface area contributed by atoms with Gasteiger partial charge in [0.2, 0.25) is 6.10 Å². The number of carboxylic acids is 1.